The second-order valence-electron chi connectivity index (χ2n) is 4.98. The Morgan fingerprint density at radius 2 is 2.05 bits per heavy atom. The molecule has 0 heterocycles. The molecule has 22 heavy (non-hydrogen) atoms. The van der Waals surface area contributed by atoms with Crippen LogP contribution in [0.4, 0.5) is 0 Å². The fraction of sp³-hybridized carbons (Fsp3) is 0.316. The van der Waals surface area contributed by atoms with Gasteiger partial charge < -0.3 is 9.64 Å². The highest BCUT2D eigenvalue weighted by molar-refractivity contribution is 5.81. The molecular weight excluding hydrogens is 274 g/mol. The summed E-state index contributed by atoms with van der Waals surface area (Å²) in [5, 5.41) is 0. The molecule has 118 valence electrons. The Morgan fingerprint density at radius 3 is 2.59 bits per heavy atom. The van der Waals surface area contributed by atoms with Crippen molar-refractivity contribution in [1.82, 2.24) is 4.90 Å². The van der Waals surface area contributed by atoms with Gasteiger partial charge in [-0.3, -0.25) is 0 Å². The molecule has 0 radical (unpaired) electrons. The van der Waals surface area contributed by atoms with E-state index in [4.69, 9.17) is 0 Å². The molecule has 0 aromatic heterocycles. The van der Waals surface area contributed by atoms with Crippen molar-refractivity contribution >= 4 is 5.97 Å². The van der Waals surface area contributed by atoms with Crippen LogP contribution in [0.1, 0.15) is 25.8 Å². The Labute approximate surface area is 133 Å². The summed E-state index contributed by atoms with van der Waals surface area (Å²) in [4.78, 5) is 13.6. The Morgan fingerprint density at radius 1 is 1.36 bits per heavy atom. The van der Waals surface area contributed by atoms with Crippen LogP contribution >= 0.6 is 0 Å². The zero-order chi connectivity index (χ0) is 16.4. The van der Waals surface area contributed by atoms with Gasteiger partial charge in [0.2, 0.25) is 0 Å². The molecule has 0 saturated heterocycles. The van der Waals surface area contributed by atoms with E-state index in [1.54, 1.807) is 6.08 Å². The molecule has 1 aromatic rings. The van der Waals surface area contributed by atoms with E-state index in [0.29, 0.717) is 0 Å². The number of hydrogen-bond donors (Lipinski definition) is 0. The van der Waals surface area contributed by atoms with Gasteiger partial charge in [-0.25, -0.2) is 4.79 Å². The van der Waals surface area contributed by atoms with Crippen LogP contribution in [0.25, 0.3) is 0 Å². The molecular formula is C19H25NO2. The fourth-order valence-electron chi connectivity index (χ4n) is 2.23. The maximum Gasteiger partial charge on any atom is 0.330 e. The Bertz CT molecular complexity index is 532. The van der Waals surface area contributed by atoms with Crippen LogP contribution in [0.3, 0.4) is 0 Å². The summed E-state index contributed by atoms with van der Waals surface area (Å²) in [6.45, 7) is 8.75. The van der Waals surface area contributed by atoms with Crippen LogP contribution in [-0.2, 0) is 16.1 Å². The average molecular weight is 299 g/mol. The van der Waals surface area contributed by atoms with Crippen molar-refractivity contribution < 1.29 is 9.53 Å². The van der Waals surface area contributed by atoms with Gasteiger partial charge in [0.1, 0.15) is 0 Å². The van der Waals surface area contributed by atoms with E-state index in [2.05, 4.69) is 42.2 Å². The van der Waals surface area contributed by atoms with Crippen molar-refractivity contribution in [3.8, 4) is 0 Å². The number of benzene rings is 1. The highest BCUT2D eigenvalue weighted by Gasteiger charge is 2.14. The zero-order valence-electron chi connectivity index (χ0n) is 13.7. The zero-order valence-corrected chi connectivity index (χ0v) is 13.7. The highest BCUT2D eigenvalue weighted by atomic mass is 16.5. The van der Waals surface area contributed by atoms with Crippen LogP contribution in [-0.4, -0.2) is 24.0 Å². The minimum Gasteiger partial charge on any atom is -0.466 e. The summed E-state index contributed by atoms with van der Waals surface area (Å²) in [6, 6.07) is 10.4. The minimum absolute atomic E-state index is 0.0745. The number of allylic oxidation sites excluding steroid dienone is 3. The van der Waals surface area contributed by atoms with Gasteiger partial charge >= 0.3 is 5.97 Å². The third-order valence-electron chi connectivity index (χ3n) is 3.44. The summed E-state index contributed by atoms with van der Waals surface area (Å²) in [7, 11) is 1.38. The lowest BCUT2D eigenvalue weighted by atomic mass is 10.1. The third-order valence-corrected chi connectivity index (χ3v) is 3.44. The van der Waals surface area contributed by atoms with E-state index in [-0.39, 0.29) is 12.0 Å². The SMILES string of the molecule is C=C/C=C(/CC)N(Cc1ccccc1)C(C)/C=C/C(=O)OC. The van der Waals surface area contributed by atoms with E-state index in [1.165, 1.54) is 24.4 Å². The maximum atomic E-state index is 11.3. The number of esters is 1. The lowest BCUT2D eigenvalue weighted by molar-refractivity contribution is -0.134. The van der Waals surface area contributed by atoms with Crippen molar-refractivity contribution in [2.24, 2.45) is 0 Å². The average Bonchev–Trinajstić information content (AvgIpc) is 2.56. The summed E-state index contributed by atoms with van der Waals surface area (Å²) in [5.41, 5.74) is 2.41. The predicted molar refractivity (Wildman–Crippen MR) is 91.2 cm³/mol. The number of methoxy groups -OCH3 is 1. The van der Waals surface area contributed by atoms with Gasteiger partial charge in [-0.15, -0.1) is 0 Å². The van der Waals surface area contributed by atoms with Crippen molar-refractivity contribution in [1.29, 1.82) is 0 Å². The Kier molecular flexibility index (Phi) is 7.76. The molecule has 0 amide bonds. The van der Waals surface area contributed by atoms with E-state index < -0.39 is 0 Å². The monoisotopic (exact) mass is 299 g/mol. The van der Waals surface area contributed by atoms with E-state index in [1.807, 2.05) is 30.4 Å². The van der Waals surface area contributed by atoms with Crippen LogP contribution in [0.15, 0.2) is 66.9 Å². The van der Waals surface area contributed by atoms with Crippen molar-refractivity contribution in [3.05, 3.63) is 72.5 Å². The first-order chi connectivity index (χ1) is 10.6. The summed E-state index contributed by atoms with van der Waals surface area (Å²) in [5.74, 6) is -0.336. The largest absolute Gasteiger partial charge is 0.466 e. The van der Waals surface area contributed by atoms with Crippen LogP contribution in [0.5, 0.6) is 0 Å². The molecule has 1 rings (SSSR count). The van der Waals surface area contributed by atoms with Gasteiger partial charge in [0, 0.05) is 24.4 Å². The normalized spacial score (nSPS) is 13.0. The second-order valence-corrected chi connectivity index (χ2v) is 4.98. The molecule has 0 bridgehead atoms. The third kappa shape index (κ3) is 5.60. The van der Waals surface area contributed by atoms with Crippen molar-refractivity contribution in [3.63, 3.8) is 0 Å². The molecule has 0 aliphatic carbocycles. The topological polar surface area (TPSA) is 29.5 Å². The quantitative estimate of drug-likeness (QED) is 0.411. The minimum atomic E-state index is -0.336. The van der Waals surface area contributed by atoms with Crippen LogP contribution in [0, 0.1) is 0 Å². The molecule has 3 nitrogen and oxygen atoms in total. The van der Waals surface area contributed by atoms with Crippen LogP contribution in [0.2, 0.25) is 0 Å². The molecule has 3 heteroatoms. The molecule has 0 aliphatic rings. The molecule has 0 spiro atoms. The number of ether oxygens (including phenoxy) is 1. The Hall–Kier alpha value is -2.29. The number of carbonyl (C=O) groups excluding carboxylic acids is 1. The summed E-state index contributed by atoms with van der Waals surface area (Å²) in [6.07, 6.45) is 8.06. The summed E-state index contributed by atoms with van der Waals surface area (Å²) >= 11 is 0. The first-order valence-electron chi connectivity index (χ1n) is 7.50. The standard InChI is InChI=1S/C19H25NO2/c1-5-10-18(6-2)20(15-17-11-8-7-9-12-17)16(3)13-14-19(21)22-4/h5,7-14,16H,1,6,15H2,2-4H3/b14-13+,18-10-. The first-order valence-corrected chi connectivity index (χ1v) is 7.50. The molecule has 0 aliphatic heterocycles. The number of nitrogens with zero attached hydrogens (tertiary/aromatic N) is 1. The van der Waals surface area contributed by atoms with Gasteiger partial charge in [0.25, 0.3) is 0 Å². The molecule has 0 saturated carbocycles. The van der Waals surface area contributed by atoms with Gasteiger partial charge in [-0.1, -0.05) is 56.0 Å². The predicted octanol–water partition coefficient (Wildman–Crippen LogP) is 4.09. The van der Waals surface area contributed by atoms with Crippen molar-refractivity contribution in [2.45, 2.75) is 32.9 Å². The summed E-state index contributed by atoms with van der Waals surface area (Å²) < 4.78 is 4.66. The smallest absolute Gasteiger partial charge is 0.330 e. The fourth-order valence-corrected chi connectivity index (χ4v) is 2.23. The second kappa shape index (κ2) is 9.61. The maximum absolute atomic E-state index is 11.3. The first kappa shape index (κ1) is 17.8. The van der Waals surface area contributed by atoms with Gasteiger partial charge in [-0.2, -0.15) is 0 Å². The molecule has 1 unspecified atom stereocenters. The van der Waals surface area contributed by atoms with Crippen LogP contribution < -0.4 is 0 Å². The number of hydrogen-bond acceptors (Lipinski definition) is 3. The molecule has 1 atom stereocenters. The van der Waals surface area contributed by atoms with Gasteiger partial charge in [0.05, 0.1) is 7.11 Å². The van der Waals surface area contributed by atoms with Crippen molar-refractivity contribution in [2.75, 3.05) is 7.11 Å². The van der Waals surface area contributed by atoms with E-state index in [0.717, 1.165) is 13.0 Å². The number of carbonyl (C=O) groups is 1. The number of rotatable bonds is 8. The molecule has 1 aromatic carbocycles. The molecule has 0 N–H and O–H groups in total. The molecule has 0 fully saturated rings. The van der Waals surface area contributed by atoms with E-state index in [9.17, 15) is 4.79 Å². The lowest BCUT2D eigenvalue weighted by Crippen LogP contribution is -2.30. The lowest BCUT2D eigenvalue weighted by Gasteiger charge is -2.31. The van der Waals surface area contributed by atoms with Gasteiger partial charge in [-0.05, 0) is 25.0 Å². The van der Waals surface area contributed by atoms with Gasteiger partial charge in [0.15, 0.2) is 0 Å². The highest BCUT2D eigenvalue weighted by Crippen LogP contribution is 2.18. The Balaban J connectivity index is 2.99. The van der Waals surface area contributed by atoms with E-state index >= 15 is 0 Å².